The van der Waals surface area contributed by atoms with Crippen LogP contribution in [0.2, 0.25) is 0 Å². The minimum Gasteiger partial charge on any atom is -0.381 e. The summed E-state index contributed by atoms with van der Waals surface area (Å²) in [4.78, 5) is 0. The summed E-state index contributed by atoms with van der Waals surface area (Å²) in [5.74, 6) is -0.351. The molecular formula is C11H11FN2O2S. The molecule has 1 unspecified atom stereocenters. The van der Waals surface area contributed by atoms with Crippen molar-refractivity contribution in [3.63, 3.8) is 0 Å². The second-order valence-electron chi connectivity index (χ2n) is 4.05. The molecule has 0 amide bonds. The lowest BCUT2D eigenvalue weighted by atomic mass is 10.2. The number of nitrogens with zero attached hydrogens (tertiary/aromatic N) is 1. The van der Waals surface area contributed by atoms with E-state index in [-0.39, 0.29) is 23.1 Å². The van der Waals surface area contributed by atoms with Crippen LogP contribution in [0.5, 0.6) is 0 Å². The van der Waals surface area contributed by atoms with Gasteiger partial charge >= 0.3 is 0 Å². The number of sulfone groups is 1. The quantitative estimate of drug-likeness (QED) is 0.863. The average molecular weight is 254 g/mol. The molecule has 4 nitrogen and oxygen atoms in total. The van der Waals surface area contributed by atoms with Gasteiger partial charge in [0.25, 0.3) is 0 Å². The van der Waals surface area contributed by atoms with E-state index in [0.717, 1.165) is 0 Å². The Bertz CT molecular complexity index is 578. The minimum atomic E-state index is -2.95. The summed E-state index contributed by atoms with van der Waals surface area (Å²) in [6.07, 6.45) is 0.532. The number of nitriles is 1. The van der Waals surface area contributed by atoms with Crippen LogP contribution in [0.25, 0.3) is 0 Å². The Kier molecular flexibility index (Phi) is 3.03. The maximum Gasteiger partial charge on any atom is 0.152 e. The minimum absolute atomic E-state index is 0.0189. The average Bonchev–Trinajstić information content (AvgIpc) is 2.58. The van der Waals surface area contributed by atoms with E-state index in [2.05, 4.69) is 5.32 Å². The predicted molar refractivity (Wildman–Crippen MR) is 61.8 cm³/mol. The first-order valence-corrected chi connectivity index (χ1v) is 6.99. The van der Waals surface area contributed by atoms with Gasteiger partial charge in [-0.2, -0.15) is 5.26 Å². The maximum atomic E-state index is 13.3. The van der Waals surface area contributed by atoms with Crippen LogP contribution in [0, 0.1) is 17.1 Å². The van der Waals surface area contributed by atoms with Crippen molar-refractivity contribution in [2.75, 3.05) is 16.8 Å². The lowest BCUT2D eigenvalue weighted by molar-refractivity contribution is 0.602. The standard InChI is InChI=1S/C11H11FN2O2S/c12-11-5-9(2-1-8(11)6-13)14-10-3-4-17(15,16)7-10/h1-2,5,10,14H,3-4,7H2. The summed E-state index contributed by atoms with van der Waals surface area (Å²) in [6.45, 7) is 0. The highest BCUT2D eigenvalue weighted by atomic mass is 32.2. The predicted octanol–water partition coefficient (Wildman–Crippen LogP) is 1.30. The van der Waals surface area contributed by atoms with Crippen LogP contribution < -0.4 is 5.32 Å². The monoisotopic (exact) mass is 254 g/mol. The summed E-state index contributed by atoms with van der Waals surface area (Å²) in [7, 11) is -2.95. The highest BCUT2D eigenvalue weighted by Crippen LogP contribution is 2.19. The van der Waals surface area contributed by atoms with Crippen molar-refractivity contribution in [3.05, 3.63) is 29.6 Å². The third-order valence-electron chi connectivity index (χ3n) is 2.69. The SMILES string of the molecule is N#Cc1ccc(NC2CCS(=O)(=O)C2)cc1F. The normalized spacial score (nSPS) is 22.0. The molecule has 1 atom stereocenters. The molecule has 2 rings (SSSR count). The summed E-state index contributed by atoms with van der Waals surface area (Å²) >= 11 is 0. The molecule has 1 aromatic carbocycles. The van der Waals surface area contributed by atoms with E-state index >= 15 is 0 Å². The van der Waals surface area contributed by atoms with E-state index in [1.54, 1.807) is 12.1 Å². The smallest absolute Gasteiger partial charge is 0.152 e. The van der Waals surface area contributed by atoms with Crippen LogP contribution in [-0.2, 0) is 9.84 Å². The van der Waals surface area contributed by atoms with Crippen LogP contribution in [0.1, 0.15) is 12.0 Å². The van der Waals surface area contributed by atoms with Crippen molar-refractivity contribution < 1.29 is 12.8 Å². The molecule has 1 aliphatic rings. The van der Waals surface area contributed by atoms with Gasteiger partial charge in [-0.3, -0.25) is 0 Å². The number of anilines is 1. The lowest BCUT2D eigenvalue weighted by Gasteiger charge is -2.12. The van der Waals surface area contributed by atoms with Crippen molar-refractivity contribution in [2.45, 2.75) is 12.5 Å². The molecule has 1 aliphatic heterocycles. The molecule has 1 saturated heterocycles. The molecule has 0 saturated carbocycles. The van der Waals surface area contributed by atoms with Gasteiger partial charge in [0.2, 0.25) is 0 Å². The fourth-order valence-corrected chi connectivity index (χ4v) is 3.51. The number of halogens is 1. The molecular weight excluding hydrogens is 243 g/mol. The molecule has 1 fully saturated rings. The molecule has 1 aromatic rings. The topological polar surface area (TPSA) is 70.0 Å². The number of rotatable bonds is 2. The van der Waals surface area contributed by atoms with E-state index in [1.165, 1.54) is 12.1 Å². The zero-order chi connectivity index (χ0) is 12.5. The number of hydrogen-bond donors (Lipinski definition) is 1. The first-order valence-electron chi connectivity index (χ1n) is 5.17. The third-order valence-corrected chi connectivity index (χ3v) is 4.46. The Balaban J connectivity index is 2.11. The number of benzene rings is 1. The van der Waals surface area contributed by atoms with E-state index in [9.17, 15) is 12.8 Å². The molecule has 1 N–H and O–H groups in total. The van der Waals surface area contributed by atoms with Crippen molar-refractivity contribution in [3.8, 4) is 6.07 Å². The molecule has 0 spiro atoms. The summed E-state index contributed by atoms with van der Waals surface area (Å²) in [5, 5.41) is 11.5. The van der Waals surface area contributed by atoms with E-state index < -0.39 is 15.7 Å². The second kappa shape index (κ2) is 4.34. The Labute approximate surface area is 99.0 Å². The molecule has 0 bridgehead atoms. The Morgan fingerprint density at radius 1 is 1.47 bits per heavy atom. The molecule has 90 valence electrons. The largest absolute Gasteiger partial charge is 0.381 e. The van der Waals surface area contributed by atoms with Gasteiger partial charge in [-0.1, -0.05) is 0 Å². The van der Waals surface area contributed by atoms with Crippen molar-refractivity contribution in [2.24, 2.45) is 0 Å². The third kappa shape index (κ3) is 2.74. The van der Waals surface area contributed by atoms with Crippen LogP contribution >= 0.6 is 0 Å². The van der Waals surface area contributed by atoms with Crippen LogP contribution in [0.3, 0.4) is 0 Å². The van der Waals surface area contributed by atoms with Gasteiger partial charge in [-0.25, -0.2) is 12.8 Å². The van der Waals surface area contributed by atoms with E-state index in [0.29, 0.717) is 12.1 Å². The van der Waals surface area contributed by atoms with Crippen molar-refractivity contribution in [1.82, 2.24) is 0 Å². The summed E-state index contributed by atoms with van der Waals surface area (Å²) in [6, 6.07) is 5.72. The van der Waals surface area contributed by atoms with Crippen molar-refractivity contribution >= 4 is 15.5 Å². The molecule has 6 heteroatoms. The zero-order valence-electron chi connectivity index (χ0n) is 8.98. The first-order chi connectivity index (χ1) is 8.00. The number of hydrogen-bond acceptors (Lipinski definition) is 4. The van der Waals surface area contributed by atoms with Gasteiger partial charge < -0.3 is 5.32 Å². The summed E-state index contributed by atoms with van der Waals surface area (Å²) < 4.78 is 35.8. The van der Waals surface area contributed by atoms with Crippen LogP contribution in [0.15, 0.2) is 18.2 Å². The van der Waals surface area contributed by atoms with Gasteiger partial charge in [-0.05, 0) is 24.6 Å². The molecule has 17 heavy (non-hydrogen) atoms. The fourth-order valence-electron chi connectivity index (χ4n) is 1.84. The van der Waals surface area contributed by atoms with Crippen molar-refractivity contribution in [1.29, 1.82) is 5.26 Å². The fraction of sp³-hybridized carbons (Fsp3) is 0.364. The highest BCUT2D eigenvalue weighted by Gasteiger charge is 2.27. The summed E-state index contributed by atoms with van der Waals surface area (Å²) in [5.41, 5.74) is 0.484. The first kappa shape index (κ1) is 11.9. The van der Waals surface area contributed by atoms with Gasteiger partial charge in [-0.15, -0.1) is 0 Å². The van der Waals surface area contributed by atoms with Crippen LogP contribution in [-0.4, -0.2) is 26.0 Å². The molecule has 0 radical (unpaired) electrons. The zero-order valence-corrected chi connectivity index (χ0v) is 9.80. The van der Waals surface area contributed by atoms with E-state index in [1.807, 2.05) is 0 Å². The molecule has 0 aliphatic carbocycles. The highest BCUT2D eigenvalue weighted by molar-refractivity contribution is 7.91. The Morgan fingerprint density at radius 2 is 2.24 bits per heavy atom. The lowest BCUT2D eigenvalue weighted by Crippen LogP contribution is -2.20. The second-order valence-corrected chi connectivity index (χ2v) is 6.28. The van der Waals surface area contributed by atoms with Gasteiger partial charge in [0.05, 0.1) is 17.1 Å². The Morgan fingerprint density at radius 3 is 2.76 bits per heavy atom. The molecule has 1 heterocycles. The van der Waals surface area contributed by atoms with E-state index in [4.69, 9.17) is 5.26 Å². The molecule has 0 aromatic heterocycles. The maximum absolute atomic E-state index is 13.3. The van der Waals surface area contributed by atoms with Gasteiger partial charge in [0.1, 0.15) is 11.9 Å². The van der Waals surface area contributed by atoms with Crippen LogP contribution in [0.4, 0.5) is 10.1 Å². The Hall–Kier alpha value is -1.61. The van der Waals surface area contributed by atoms with Gasteiger partial charge in [0.15, 0.2) is 9.84 Å². The van der Waals surface area contributed by atoms with Gasteiger partial charge in [0, 0.05) is 11.7 Å². The number of nitrogens with one attached hydrogen (secondary N) is 1.